The molecule has 2 heterocycles. The number of carbonyl (C=O) groups excluding carboxylic acids is 1. The summed E-state index contributed by atoms with van der Waals surface area (Å²) in [6, 6.07) is 17.7. The molecule has 164 valence electrons. The molecular formula is C23H27N3O3S2. The molecule has 6 nitrogen and oxygen atoms in total. The van der Waals surface area contributed by atoms with Crippen LogP contribution in [0.5, 0.6) is 0 Å². The predicted octanol–water partition coefficient (Wildman–Crippen LogP) is 3.79. The number of carbonyl (C=O) groups is 1. The van der Waals surface area contributed by atoms with Gasteiger partial charge < -0.3 is 4.90 Å². The van der Waals surface area contributed by atoms with Crippen LogP contribution in [0.25, 0.3) is 16.7 Å². The number of nitrogens with zero attached hydrogens (tertiary/aromatic N) is 3. The first kappa shape index (κ1) is 21.9. The number of amides is 1. The Balaban J connectivity index is 1.58. The number of aromatic nitrogens is 2. The first-order valence-corrected chi connectivity index (χ1v) is 13.3. The predicted molar refractivity (Wildman–Crippen MR) is 125 cm³/mol. The Bertz CT molecular complexity index is 1170. The van der Waals surface area contributed by atoms with Crippen molar-refractivity contribution in [2.24, 2.45) is 5.92 Å². The summed E-state index contributed by atoms with van der Waals surface area (Å²) in [6.45, 7) is 4.66. The molecule has 0 N–H and O–H groups in total. The molecule has 1 atom stereocenters. The van der Waals surface area contributed by atoms with Crippen molar-refractivity contribution < 1.29 is 13.2 Å². The van der Waals surface area contributed by atoms with E-state index in [1.165, 1.54) is 11.8 Å². The van der Waals surface area contributed by atoms with Gasteiger partial charge in [-0.1, -0.05) is 55.9 Å². The minimum atomic E-state index is -3.05. The van der Waals surface area contributed by atoms with Crippen molar-refractivity contribution in [3.63, 3.8) is 0 Å². The number of benzene rings is 2. The molecule has 1 aliphatic rings. The van der Waals surface area contributed by atoms with Crippen LogP contribution in [0.4, 0.5) is 0 Å². The maximum Gasteiger partial charge on any atom is 0.233 e. The lowest BCUT2D eigenvalue weighted by atomic mass is 10.1. The highest BCUT2D eigenvalue weighted by atomic mass is 32.2. The Hall–Kier alpha value is -2.32. The fourth-order valence-electron chi connectivity index (χ4n) is 4.01. The molecule has 0 bridgehead atoms. The van der Waals surface area contributed by atoms with Crippen LogP contribution in [0.15, 0.2) is 59.8 Å². The molecule has 31 heavy (non-hydrogen) atoms. The second-order valence-corrected chi connectivity index (χ2v) is 11.5. The van der Waals surface area contributed by atoms with Crippen LogP contribution in [0.1, 0.15) is 20.3 Å². The van der Waals surface area contributed by atoms with Crippen molar-refractivity contribution in [1.82, 2.24) is 14.5 Å². The lowest BCUT2D eigenvalue weighted by Gasteiger charge is -2.30. The summed E-state index contributed by atoms with van der Waals surface area (Å²) in [6.07, 6.45) is 0.522. The van der Waals surface area contributed by atoms with E-state index in [1.807, 2.05) is 68.4 Å². The number of sulfone groups is 1. The minimum Gasteiger partial charge on any atom is -0.338 e. The van der Waals surface area contributed by atoms with Crippen LogP contribution < -0.4 is 0 Å². The van der Waals surface area contributed by atoms with Gasteiger partial charge in [0.15, 0.2) is 15.0 Å². The molecule has 1 unspecified atom stereocenters. The standard InChI is InChI=1S/C23H27N3O3S2/c1-17(2)14-25(19-12-13-31(28,29)16-19)22(27)15-30-23-24-20-10-6-7-11-21(20)26(23)18-8-4-3-5-9-18/h3-11,17,19H,12-16H2,1-2H3. The maximum atomic E-state index is 13.2. The number of fused-ring (bicyclic) bond motifs is 1. The Morgan fingerprint density at radius 2 is 1.87 bits per heavy atom. The van der Waals surface area contributed by atoms with Gasteiger partial charge in [0.1, 0.15) is 0 Å². The van der Waals surface area contributed by atoms with E-state index in [2.05, 4.69) is 4.57 Å². The smallest absolute Gasteiger partial charge is 0.233 e. The van der Waals surface area contributed by atoms with E-state index >= 15 is 0 Å². The molecule has 1 aromatic heterocycles. The number of hydrogen-bond donors (Lipinski definition) is 0. The zero-order valence-electron chi connectivity index (χ0n) is 17.8. The van der Waals surface area contributed by atoms with Crippen LogP contribution >= 0.6 is 11.8 Å². The van der Waals surface area contributed by atoms with Crippen LogP contribution in [-0.2, 0) is 14.6 Å². The van der Waals surface area contributed by atoms with Crippen LogP contribution in [0, 0.1) is 5.92 Å². The molecule has 0 aliphatic carbocycles. The first-order chi connectivity index (χ1) is 14.8. The van der Waals surface area contributed by atoms with E-state index < -0.39 is 9.84 Å². The van der Waals surface area contributed by atoms with Gasteiger partial charge in [-0.15, -0.1) is 0 Å². The topological polar surface area (TPSA) is 72.3 Å². The Morgan fingerprint density at radius 1 is 1.16 bits per heavy atom. The summed E-state index contributed by atoms with van der Waals surface area (Å²) in [7, 11) is -3.05. The van der Waals surface area contributed by atoms with Gasteiger partial charge in [0.25, 0.3) is 0 Å². The molecule has 0 spiro atoms. The summed E-state index contributed by atoms with van der Waals surface area (Å²) >= 11 is 1.40. The largest absolute Gasteiger partial charge is 0.338 e. The van der Waals surface area contributed by atoms with Crippen LogP contribution in [0.3, 0.4) is 0 Å². The molecule has 1 amide bonds. The van der Waals surface area contributed by atoms with Gasteiger partial charge in [-0.3, -0.25) is 9.36 Å². The van der Waals surface area contributed by atoms with Gasteiger partial charge in [-0.25, -0.2) is 13.4 Å². The summed E-state index contributed by atoms with van der Waals surface area (Å²) in [5, 5.41) is 0.754. The zero-order valence-corrected chi connectivity index (χ0v) is 19.4. The fourth-order valence-corrected chi connectivity index (χ4v) is 6.65. The van der Waals surface area contributed by atoms with E-state index in [9.17, 15) is 13.2 Å². The molecule has 1 fully saturated rings. The lowest BCUT2D eigenvalue weighted by Crippen LogP contribution is -2.44. The number of hydrogen-bond acceptors (Lipinski definition) is 5. The van der Waals surface area contributed by atoms with E-state index in [-0.39, 0.29) is 35.1 Å². The minimum absolute atomic E-state index is 0.0348. The third kappa shape index (κ3) is 4.96. The molecule has 3 aromatic rings. The Kier molecular flexibility index (Phi) is 6.39. The second kappa shape index (κ2) is 9.04. The first-order valence-electron chi connectivity index (χ1n) is 10.5. The monoisotopic (exact) mass is 457 g/mol. The van der Waals surface area contributed by atoms with Crippen molar-refractivity contribution >= 4 is 38.5 Å². The van der Waals surface area contributed by atoms with Gasteiger partial charge in [-0.2, -0.15) is 0 Å². The van der Waals surface area contributed by atoms with Crippen molar-refractivity contribution in [3.05, 3.63) is 54.6 Å². The Morgan fingerprint density at radius 3 is 2.55 bits per heavy atom. The average Bonchev–Trinajstić information content (AvgIpc) is 3.30. The quantitative estimate of drug-likeness (QED) is 0.505. The van der Waals surface area contributed by atoms with Gasteiger partial charge in [0.05, 0.1) is 28.3 Å². The van der Waals surface area contributed by atoms with Gasteiger partial charge in [-0.05, 0) is 36.6 Å². The van der Waals surface area contributed by atoms with Crippen molar-refractivity contribution in [2.75, 3.05) is 23.8 Å². The molecule has 2 aromatic carbocycles. The summed E-state index contributed by atoms with van der Waals surface area (Å²) < 4.78 is 26.0. The molecule has 0 radical (unpaired) electrons. The molecule has 1 aliphatic heterocycles. The molecule has 8 heteroatoms. The average molecular weight is 458 g/mol. The van der Waals surface area contributed by atoms with Crippen LogP contribution in [0.2, 0.25) is 0 Å². The van der Waals surface area contributed by atoms with Gasteiger partial charge in [0.2, 0.25) is 5.91 Å². The van der Waals surface area contributed by atoms with E-state index in [4.69, 9.17) is 4.98 Å². The van der Waals surface area contributed by atoms with E-state index in [0.717, 1.165) is 21.9 Å². The third-order valence-corrected chi connectivity index (χ3v) is 8.07. The highest BCUT2D eigenvalue weighted by molar-refractivity contribution is 7.99. The Labute approximate surface area is 187 Å². The van der Waals surface area contributed by atoms with E-state index in [0.29, 0.717) is 13.0 Å². The SMILES string of the molecule is CC(C)CN(C(=O)CSc1nc2ccccc2n1-c1ccccc1)C1CCS(=O)(=O)C1. The fraction of sp³-hybridized carbons (Fsp3) is 0.391. The molecule has 4 rings (SSSR count). The summed E-state index contributed by atoms with van der Waals surface area (Å²) in [5.74, 6) is 0.688. The number of imidazole rings is 1. The molecule has 1 saturated heterocycles. The van der Waals surface area contributed by atoms with Crippen molar-refractivity contribution in [2.45, 2.75) is 31.5 Å². The highest BCUT2D eigenvalue weighted by Crippen LogP contribution is 2.29. The van der Waals surface area contributed by atoms with Gasteiger partial charge >= 0.3 is 0 Å². The van der Waals surface area contributed by atoms with Gasteiger partial charge in [0, 0.05) is 18.3 Å². The van der Waals surface area contributed by atoms with Crippen molar-refractivity contribution in [3.8, 4) is 5.69 Å². The highest BCUT2D eigenvalue weighted by Gasteiger charge is 2.35. The maximum absolute atomic E-state index is 13.2. The zero-order chi connectivity index (χ0) is 22.0. The van der Waals surface area contributed by atoms with Crippen LogP contribution in [-0.4, -0.2) is 58.6 Å². The number of thioether (sulfide) groups is 1. The lowest BCUT2D eigenvalue weighted by molar-refractivity contribution is -0.130. The second-order valence-electron chi connectivity index (χ2n) is 8.34. The van der Waals surface area contributed by atoms with Crippen molar-refractivity contribution in [1.29, 1.82) is 0 Å². The number of para-hydroxylation sites is 3. The molecular weight excluding hydrogens is 430 g/mol. The third-order valence-electron chi connectivity index (χ3n) is 5.40. The summed E-state index contributed by atoms with van der Waals surface area (Å²) in [4.78, 5) is 19.7. The molecule has 0 saturated carbocycles. The summed E-state index contributed by atoms with van der Waals surface area (Å²) in [5.41, 5.74) is 2.86. The number of rotatable bonds is 7. The van der Waals surface area contributed by atoms with E-state index in [1.54, 1.807) is 4.90 Å². The normalized spacial score (nSPS) is 18.0.